The van der Waals surface area contributed by atoms with Gasteiger partial charge in [0.1, 0.15) is 0 Å². The Morgan fingerprint density at radius 2 is 1.75 bits per heavy atom. The van der Waals surface area contributed by atoms with E-state index in [2.05, 4.69) is 5.32 Å². The van der Waals surface area contributed by atoms with E-state index in [1.807, 2.05) is 51.1 Å². The number of halogens is 3. The maximum atomic E-state index is 13.4. The second-order valence-electron chi connectivity index (χ2n) is 10.6. The number of aliphatic hydroxyl groups is 1. The van der Waals surface area contributed by atoms with Crippen LogP contribution >= 0.6 is 0 Å². The molecule has 9 heteroatoms. The zero-order chi connectivity index (χ0) is 29.7. The molecule has 0 saturated heterocycles. The first kappa shape index (κ1) is 31.3. The normalized spacial score (nSPS) is 13.7. The van der Waals surface area contributed by atoms with Gasteiger partial charge in [-0.2, -0.15) is 13.2 Å². The van der Waals surface area contributed by atoms with Crippen molar-refractivity contribution in [1.29, 1.82) is 0 Å². The molecule has 3 aromatic carbocycles. The lowest BCUT2D eigenvalue weighted by Crippen LogP contribution is -2.46. The van der Waals surface area contributed by atoms with Gasteiger partial charge in [0.15, 0.2) is 0 Å². The second kappa shape index (κ2) is 13.0. The summed E-state index contributed by atoms with van der Waals surface area (Å²) in [5.41, 5.74) is 7.95. The minimum absolute atomic E-state index is 0.0291. The van der Waals surface area contributed by atoms with E-state index in [0.717, 1.165) is 22.8 Å². The SMILES string of the molecule is Cc1c(C(=O)O)ccc(-c2ccccc2)c1C(C)OC[C@H](O)CNC(C)(C)Cc1ccc(CN)c(C(F)(F)F)c1. The van der Waals surface area contributed by atoms with Gasteiger partial charge in [0, 0.05) is 18.6 Å². The number of carboxylic acids is 1. The molecule has 3 rings (SSSR count). The number of nitrogens with two attached hydrogens (primary N) is 1. The van der Waals surface area contributed by atoms with E-state index < -0.39 is 35.5 Å². The number of nitrogens with one attached hydrogen (secondary N) is 1. The van der Waals surface area contributed by atoms with Gasteiger partial charge >= 0.3 is 12.1 Å². The maximum Gasteiger partial charge on any atom is 0.416 e. The Morgan fingerprint density at radius 1 is 1.07 bits per heavy atom. The number of aliphatic hydroxyl groups excluding tert-OH is 1. The van der Waals surface area contributed by atoms with Crippen LogP contribution in [-0.2, 0) is 23.9 Å². The van der Waals surface area contributed by atoms with Crippen molar-refractivity contribution in [2.75, 3.05) is 13.2 Å². The number of carboxylic acid groups (broad SMARTS) is 1. The molecule has 0 radical (unpaired) electrons. The summed E-state index contributed by atoms with van der Waals surface area (Å²) < 4.78 is 46.3. The molecular weight excluding hydrogens is 521 g/mol. The number of carbonyl (C=O) groups is 1. The summed E-state index contributed by atoms with van der Waals surface area (Å²) in [6, 6.07) is 17.1. The van der Waals surface area contributed by atoms with Gasteiger partial charge < -0.3 is 26.0 Å². The monoisotopic (exact) mass is 558 g/mol. The number of hydrogen-bond acceptors (Lipinski definition) is 5. The molecule has 2 atom stereocenters. The van der Waals surface area contributed by atoms with Gasteiger partial charge in [-0.25, -0.2) is 4.79 Å². The highest BCUT2D eigenvalue weighted by molar-refractivity contribution is 5.91. The first-order valence-electron chi connectivity index (χ1n) is 13.1. The first-order valence-corrected chi connectivity index (χ1v) is 13.1. The third-order valence-corrected chi connectivity index (χ3v) is 6.94. The first-order chi connectivity index (χ1) is 18.7. The topological polar surface area (TPSA) is 105 Å². The number of hydrogen-bond donors (Lipinski definition) is 4. The summed E-state index contributed by atoms with van der Waals surface area (Å²) >= 11 is 0. The smallest absolute Gasteiger partial charge is 0.416 e. The number of β-amino-alcohol motifs (C(OH)–C–C–N with tert-alkyl or cyclic N) is 1. The Labute approximate surface area is 233 Å². The highest BCUT2D eigenvalue weighted by Gasteiger charge is 2.33. The lowest BCUT2D eigenvalue weighted by molar-refractivity contribution is -0.138. The van der Waals surface area contributed by atoms with Crippen molar-refractivity contribution in [3.63, 3.8) is 0 Å². The number of ether oxygens (including phenoxy) is 1. The molecule has 0 aromatic heterocycles. The fraction of sp³-hybridized carbons (Fsp3) is 0.387. The predicted octanol–water partition coefficient (Wildman–Crippen LogP) is 5.89. The van der Waals surface area contributed by atoms with Crippen LogP contribution in [0.1, 0.15) is 65.1 Å². The van der Waals surface area contributed by atoms with Crippen LogP contribution in [0.3, 0.4) is 0 Å². The molecule has 40 heavy (non-hydrogen) atoms. The highest BCUT2D eigenvalue weighted by atomic mass is 19.4. The maximum absolute atomic E-state index is 13.4. The fourth-order valence-electron chi connectivity index (χ4n) is 4.89. The number of benzene rings is 3. The van der Waals surface area contributed by atoms with E-state index in [4.69, 9.17) is 10.5 Å². The van der Waals surface area contributed by atoms with Crippen molar-refractivity contribution in [2.24, 2.45) is 5.73 Å². The van der Waals surface area contributed by atoms with E-state index in [1.54, 1.807) is 25.1 Å². The Bertz CT molecular complexity index is 1310. The number of alkyl halides is 3. The molecule has 0 aliphatic carbocycles. The summed E-state index contributed by atoms with van der Waals surface area (Å²) in [4.78, 5) is 11.8. The van der Waals surface area contributed by atoms with Crippen molar-refractivity contribution in [3.05, 3.63) is 94.0 Å². The third kappa shape index (κ3) is 7.91. The molecular formula is C31H37F3N2O4. The molecule has 0 aliphatic rings. The molecule has 6 nitrogen and oxygen atoms in total. The summed E-state index contributed by atoms with van der Waals surface area (Å²) in [7, 11) is 0. The molecule has 3 aromatic rings. The molecule has 0 aliphatic heterocycles. The van der Waals surface area contributed by atoms with Crippen molar-refractivity contribution in [3.8, 4) is 11.1 Å². The molecule has 0 heterocycles. The minimum atomic E-state index is -4.49. The standard InChI is InChI=1S/C31H37F3N2O4/c1-19-25(29(38)39)12-13-26(22-8-6-5-7-9-22)28(19)20(2)40-18-24(37)17-36-30(3,4)15-21-10-11-23(16-35)27(14-21)31(32,33)34/h5-14,20,24,36-37H,15-18,35H2,1-4H3,(H,38,39)/t20?,24-/m1/s1. The largest absolute Gasteiger partial charge is 0.478 e. The van der Waals surface area contributed by atoms with Crippen LogP contribution in [0, 0.1) is 6.92 Å². The Morgan fingerprint density at radius 3 is 2.35 bits per heavy atom. The van der Waals surface area contributed by atoms with Gasteiger partial charge in [-0.15, -0.1) is 0 Å². The van der Waals surface area contributed by atoms with Gasteiger partial charge in [-0.1, -0.05) is 48.5 Å². The molecule has 5 N–H and O–H groups in total. The average molecular weight is 559 g/mol. The molecule has 0 bridgehead atoms. The van der Waals surface area contributed by atoms with E-state index in [0.29, 0.717) is 17.5 Å². The summed E-state index contributed by atoms with van der Waals surface area (Å²) in [6.07, 6.45) is -5.61. The van der Waals surface area contributed by atoms with E-state index in [-0.39, 0.29) is 30.8 Å². The van der Waals surface area contributed by atoms with E-state index in [9.17, 15) is 28.2 Å². The quantitative estimate of drug-likeness (QED) is 0.221. The third-order valence-electron chi connectivity index (χ3n) is 6.94. The van der Waals surface area contributed by atoms with Crippen molar-refractivity contribution < 1.29 is 32.9 Å². The summed E-state index contributed by atoms with van der Waals surface area (Å²) in [5.74, 6) is -1.03. The zero-order valence-corrected chi connectivity index (χ0v) is 23.2. The molecule has 216 valence electrons. The van der Waals surface area contributed by atoms with Crippen molar-refractivity contribution >= 4 is 5.97 Å². The van der Waals surface area contributed by atoms with Gasteiger partial charge in [-0.05, 0) is 79.6 Å². The van der Waals surface area contributed by atoms with Crippen LogP contribution < -0.4 is 11.1 Å². The van der Waals surface area contributed by atoms with E-state index >= 15 is 0 Å². The number of rotatable bonds is 12. The average Bonchev–Trinajstić information content (AvgIpc) is 2.90. The van der Waals surface area contributed by atoms with Gasteiger partial charge in [-0.3, -0.25) is 0 Å². The Balaban J connectivity index is 1.67. The zero-order valence-electron chi connectivity index (χ0n) is 23.2. The summed E-state index contributed by atoms with van der Waals surface area (Å²) in [6.45, 7) is 7.17. The lowest BCUT2D eigenvalue weighted by atomic mass is 9.90. The molecule has 0 amide bonds. The van der Waals surface area contributed by atoms with Gasteiger partial charge in [0.25, 0.3) is 0 Å². The fourth-order valence-corrected chi connectivity index (χ4v) is 4.89. The lowest BCUT2D eigenvalue weighted by Gasteiger charge is -2.29. The second-order valence-corrected chi connectivity index (χ2v) is 10.6. The van der Waals surface area contributed by atoms with Crippen LogP contribution in [0.15, 0.2) is 60.7 Å². The Hall–Kier alpha value is -3.24. The van der Waals surface area contributed by atoms with Gasteiger partial charge in [0.05, 0.1) is 29.9 Å². The minimum Gasteiger partial charge on any atom is -0.478 e. The van der Waals surface area contributed by atoms with Crippen molar-refractivity contribution in [2.45, 2.75) is 64.6 Å². The van der Waals surface area contributed by atoms with Crippen LogP contribution in [0.2, 0.25) is 0 Å². The van der Waals surface area contributed by atoms with E-state index in [1.165, 1.54) is 6.07 Å². The molecule has 0 fully saturated rings. The highest BCUT2D eigenvalue weighted by Crippen LogP contribution is 2.35. The number of aromatic carboxylic acids is 1. The molecule has 0 spiro atoms. The van der Waals surface area contributed by atoms with Crippen LogP contribution in [0.5, 0.6) is 0 Å². The predicted molar refractivity (Wildman–Crippen MR) is 149 cm³/mol. The molecule has 1 unspecified atom stereocenters. The summed E-state index contributed by atoms with van der Waals surface area (Å²) in [5, 5.41) is 23.5. The van der Waals surface area contributed by atoms with Crippen molar-refractivity contribution in [1.82, 2.24) is 5.32 Å². The Kier molecular flexibility index (Phi) is 10.1. The van der Waals surface area contributed by atoms with Crippen LogP contribution in [-0.4, -0.2) is 41.0 Å². The van der Waals surface area contributed by atoms with Gasteiger partial charge in [0.2, 0.25) is 0 Å². The molecule has 0 saturated carbocycles. The van der Waals surface area contributed by atoms with Crippen LogP contribution in [0.25, 0.3) is 11.1 Å². The van der Waals surface area contributed by atoms with Crippen LogP contribution in [0.4, 0.5) is 13.2 Å².